The number of carbonyl (C=O) groups is 1. The van der Waals surface area contributed by atoms with Crippen LogP contribution in [0.1, 0.15) is 69.1 Å². The van der Waals surface area contributed by atoms with E-state index in [1.165, 1.54) is 32.4 Å². The van der Waals surface area contributed by atoms with E-state index >= 15 is 0 Å². The molecule has 13 heteroatoms. The molecular weight excluding hydrogens is 553 g/mol. The van der Waals surface area contributed by atoms with Gasteiger partial charge >= 0.3 is 0 Å². The minimum atomic E-state index is -3.83. The Morgan fingerprint density at radius 3 is 2.59 bits per heavy atom. The highest BCUT2D eigenvalue weighted by atomic mass is 32.2. The summed E-state index contributed by atoms with van der Waals surface area (Å²) < 4.78 is 56.4. The lowest BCUT2D eigenvalue weighted by Crippen LogP contribution is -2.42. The van der Waals surface area contributed by atoms with Crippen molar-refractivity contribution in [3.05, 3.63) is 45.6 Å². The second-order valence-electron chi connectivity index (χ2n) is 9.90. The smallest absolute Gasteiger partial charge is 0.280 e. The summed E-state index contributed by atoms with van der Waals surface area (Å²) in [5, 5.41) is 4.60. The first-order valence-electron chi connectivity index (χ1n) is 14.0. The van der Waals surface area contributed by atoms with Crippen LogP contribution in [0.5, 0.6) is 11.5 Å². The molecule has 2 bridgehead atoms. The summed E-state index contributed by atoms with van der Waals surface area (Å²) >= 11 is 0. The molecule has 1 unspecified atom stereocenters. The number of methoxy groups -OCH3 is 1. The average Bonchev–Trinajstić information content (AvgIpc) is 3.32. The molecule has 0 aliphatic carbocycles. The van der Waals surface area contributed by atoms with Crippen molar-refractivity contribution in [1.82, 2.24) is 19.2 Å². The predicted octanol–water partition coefficient (Wildman–Crippen LogP) is 3.79. The van der Waals surface area contributed by atoms with Gasteiger partial charge in [-0.05, 0) is 39.2 Å². The van der Waals surface area contributed by atoms with Gasteiger partial charge in [-0.1, -0.05) is 19.9 Å². The summed E-state index contributed by atoms with van der Waals surface area (Å²) in [6.45, 7) is 8.77. The number of likely N-dealkylation sites (N-methyl/N-ethyl adjacent to an activating group) is 1. The number of amides is 1. The van der Waals surface area contributed by atoms with Crippen molar-refractivity contribution in [2.45, 2.75) is 59.5 Å². The molecule has 2 aromatic heterocycles. The number of halogens is 1. The number of rotatable bonds is 2. The number of carbonyl (C=O) groups excluding carboxylic acids is 1. The number of nitrogens with zero attached hydrogens (tertiary/aromatic N) is 5. The zero-order valence-corrected chi connectivity index (χ0v) is 25.3. The lowest BCUT2D eigenvalue weighted by molar-refractivity contribution is 0.0685. The molecule has 11 nitrogen and oxygen atoms in total. The van der Waals surface area contributed by atoms with Gasteiger partial charge < -0.3 is 18.9 Å². The van der Waals surface area contributed by atoms with Crippen LogP contribution in [0.25, 0.3) is 10.9 Å². The topological polar surface area (TPSA) is 116 Å². The van der Waals surface area contributed by atoms with Gasteiger partial charge in [0.25, 0.3) is 11.5 Å². The molecule has 0 radical (unpaired) electrons. The minimum absolute atomic E-state index is 0.0142. The molecule has 0 saturated carbocycles. The van der Waals surface area contributed by atoms with E-state index < -0.39 is 21.4 Å². The van der Waals surface area contributed by atoms with E-state index in [0.717, 1.165) is 8.99 Å². The Morgan fingerprint density at radius 1 is 1.17 bits per heavy atom. The summed E-state index contributed by atoms with van der Waals surface area (Å²) in [5.74, 6) is -0.558. The van der Waals surface area contributed by atoms with Crippen LogP contribution >= 0.6 is 0 Å². The predicted molar refractivity (Wildman–Crippen MR) is 155 cm³/mol. The maximum atomic E-state index is 14.1. The molecule has 3 aromatic rings. The second-order valence-corrected chi connectivity index (χ2v) is 12.0. The van der Waals surface area contributed by atoms with E-state index in [4.69, 9.17) is 9.47 Å². The fraction of sp³-hybridized carbons (Fsp3) is 0.536. The number of sulfonamides is 1. The zero-order chi connectivity index (χ0) is 30.1. The van der Waals surface area contributed by atoms with Crippen molar-refractivity contribution in [3.63, 3.8) is 0 Å². The molecule has 1 atom stereocenters. The number of benzene rings is 1. The van der Waals surface area contributed by atoms with Gasteiger partial charge in [0.05, 0.1) is 26.0 Å². The Morgan fingerprint density at radius 2 is 1.90 bits per heavy atom. The van der Waals surface area contributed by atoms with Gasteiger partial charge in [-0.3, -0.25) is 13.9 Å². The van der Waals surface area contributed by atoms with Crippen molar-refractivity contribution >= 4 is 32.7 Å². The quantitative estimate of drug-likeness (QED) is 0.445. The molecule has 2 aliphatic heterocycles. The highest BCUT2D eigenvalue weighted by Gasteiger charge is 2.39. The Bertz CT molecular complexity index is 1620. The Hall–Kier alpha value is -3.61. The Labute approximate surface area is 239 Å². The van der Waals surface area contributed by atoms with Crippen LogP contribution in [0.4, 0.5) is 10.2 Å². The number of aromatic nitrogens is 3. The van der Waals surface area contributed by atoms with Crippen molar-refractivity contribution in [3.8, 4) is 11.5 Å². The monoisotopic (exact) mass is 591 g/mol. The molecular formula is C28H38FN5O6S. The van der Waals surface area contributed by atoms with Crippen molar-refractivity contribution < 1.29 is 27.1 Å². The molecule has 0 fully saturated rings. The van der Waals surface area contributed by atoms with Gasteiger partial charge in [-0.2, -0.15) is 0 Å². The molecule has 0 saturated heterocycles. The fourth-order valence-corrected chi connectivity index (χ4v) is 6.58. The maximum Gasteiger partial charge on any atom is 0.280 e. The van der Waals surface area contributed by atoms with Gasteiger partial charge in [0.15, 0.2) is 17.3 Å². The van der Waals surface area contributed by atoms with E-state index in [9.17, 15) is 22.4 Å². The molecule has 4 heterocycles. The van der Waals surface area contributed by atoms with Crippen LogP contribution in [0, 0.1) is 5.82 Å². The first kappa shape index (κ1) is 30.4. The van der Waals surface area contributed by atoms with Gasteiger partial charge in [0.2, 0.25) is 10.0 Å². The standard InChI is InChI=1S/C26H32FN5O6S.C2H6/c1-5-30-14-16(2)32-21-20(23(37-4)22(32)26(30)34)25(33)31-15-17-9-10-18(27)13-19(17)38-11-7-6-8-12-39(35,36)29(3)24(21)28-31;1-2/h9-10,13,16H,5-8,11-12,14-15H2,1-4H3;1-2H3. The van der Waals surface area contributed by atoms with Crippen LogP contribution in [0.3, 0.4) is 0 Å². The molecule has 1 amide bonds. The number of anilines is 1. The summed E-state index contributed by atoms with van der Waals surface area (Å²) in [4.78, 5) is 29.1. The van der Waals surface area contributed by atoms with E-state index in [-0.39, 0.29) is 64.8 Å². The molecule has 224 valence electrons. The largest absolute Gasteiger partial charge is 0.493 e. The third kappa shape index (κ3) is 5.39. The number of hydrogen-bond donors (Lipinski definition) is 0. The lowest BCUT2D eigenvalue weighted by Gasteiger charge is -2.33. The van der Waals surface area contributed by atoms with E-state index in [1.54, 1.807) is 9.47 Å². The summed E-state index contributed by atoms with van der Waals surface area (Å²) in [7, 11) is -1.05. The number of fused-ring (bicyclic) bond motifs is 7. The highest BCUT2D eigenvalue weighted by molar-refractivity contribution is 7.92. The van der Waals surface area contributed by atoms with Crippen LogP contribution < -0.4 is 19.3 Å². The van der Waals surface area contributed by atoms with E-state index in [2.05, 4.69) is 5.10 Å². The molecule has 0 spiro atoms. The number of hydrogen-bond acceptors (Lipinski definition) is 7. The average molecular weight is 592 g/mol. The Kier molecular flexibility index (Phi) is 8.95. The number of ether oxygens (including phenoxy) is 2. The third-order valence-electron chi connectivity index (χ3n) is 7.41. The molecule has 41 heavy (non-hydrogen) atoms. The minimum Gasteiger partial charge on any atom is -0.493 e. The normalized spacial score (nSPS) is 18.9. The summed E-state index contributed by atoms with van der Waals surface area (Å²) in [6.07, 6.45) is 1.55. The van der Waals surface area contributed by atoms with Crippen molar-refractivity contribution in [2.24, 2.45) is 0 Å². The summed E-state index contributed by atoms with van der Waals surface area (Å²) in [6, 6.07) is 3.77. The van der Waals surface area contributed by atoms with E-state index in [1.807, 2.05) is 27.7 Å². The van der Waals surface area contributed by atoms with Gasteiger partial charge in [0, 0.05) is 37.8 Å². The molecule has 2 aliphatic rings. The van der Waals surface area contributed by atoms with E-state index in [0.29, 0.717) is 37.9 Å². The van der Waals surface area contributed by atoms with Gasteiger partial charge in [0.1, 0.15) is 22.5 Å². The van der Waals surface area contributed by atoms with Gasteiger partial charge in [-0.25, -0.2) is 17.5 Å². The Balaban J connectivity index is 0.00000189. The van der Waals surface area contributed by atoms with Crippen LogP contribution in [-0.2, 0) is 16.6 Å². The van der Waals surface area contributed by atoms with Crippen LogP contribution in [0.2, 0.25) is 0 Å². The van der Waals surface area contributed by atoms with Gasteiger partial charge in [-0.15, -0.1) is 5.10 Å². The first-order valence-corrected chi connectivity index (χ1v) is 15.6. The highest BCUT2D eigenvalue weighted by Crippen LogP contribution is 2.41. The third-order valence-corrected chi connectivity index (χ3v) is 9.22. The SMILES string of the molecule is CC.CCN1CC(C)n2c(c(OC)c3c(=O)n4nc(c32)N(C)S(=O)(=O)CCCCCOc2cc(F)ccc2C4)C1=O. The van der Waals surface area contributed by atoms with Crippen LogP contribution in [-0.4, -0.2) is 73.2 Å². The van der Waals surface area contributed by atoms with Crippen LogP contribution in [0.15, 0.2) is 23.0 Å². The summed E-state index contributed by atoms with van der Waals surface area (Å²) in [5.41, 5.74) is 0.348. The molecule has 5 rings (SSSR count). The zero-order valence-electron chi connectivity index (χ0n) is 24.4. The lowest BCUT2D eigenvalue weighted by atomic mass is 10.2. The molecule has 0 N–H and O–H groups in total. The van der Waals surface area contributed by atoms with Crippen molar-refractivity contribution in [2.75, 3.05) is 43.9 Å². The van der Waals surface area contributed by atoms with Crippen molar-refractivity contribution in [1.29, 1.82) is 0 Å². The first-order chi connectivity index (χ1) is 19.6. The molecule has 1 aromatic carbocycles. The fourth-order valence-electron chi connectivity index (χ4n) is 5.36. The second kappa shape index (κ2) is 12.1. The maximum absolute atomic E-state index is 14.1.